The summed E-state index contributed by atoms with van der Waals surface area (Å²) in [5.74, 6) is 1.03. The summed E-state index contributed by atoms with van der Waals surface area (Å²) in [6, 6.07) is 1.38. The van der Waals surface area contributed by atoms with E-state index >= 15 is 0 Å². The highest BCUT2D eigenvalue weighted by Crippen LogP contribution is 2.33. The van der Waals surface area contributed by atoms with Crippen LogP contribution in [0.1, 0.15) is 25.5 Å². The van der Waals surface area contributed by atoms with Crippen molar-refractivity contribution >= 4 is 23.4 Å². The Morgan fingerprint density at radius 3 is 2.88 bits per heavy atom. The molecule has 0 bridgehead atoms. The molecule has 5 nitrogen and oxygen atoms in total. The number of hydrogen-bond acceptors (Lipinski definition) is 4. The van der Waals surface area contributed by atoms with E-state index in [1.165, 1.54) is 18.9 Å². The largest absolute Gasteiger partial charge is 0.309 e. The van der Waals surface area contributed by atoms with Crippen LogP contribution < -0.4 is 4.90 Å². The van der Waals surface area contributed by atoms with Gasteiger partial charge in [0.25, 0.3) is 0 Å². The minimum atomic E-state index is -0.410. The summed E-state index contributed by atoms with van der Waals surface area (Å²) in [6.07, 6.45) is 8.87. The van der Waals surface area contributed by atoms with Gasteiger partial charge >= 0.3 is 0 Å². The van der Waals surface area contributed by atoms with Gasteiger partial charge in [-0.25, -0.2) is 9.07 Å². The second kappa shape index (κ2) is 7.56. The molecule has 25 heavy (non-hydrogen) atoms. The van der Waals surface area contributed by atoms with E-state index in [0.29, 0.717) is 11.6 Å². The van der Waals surface area contributed by atoms with Crippen molar-refractivity contribution in [2.45, 2.75) is 26.7 Å². The van der Waals surface area contributed by atoms with E-state index in [4.69, 9.17) is 0 Å². The second-order valence-corrected chi connectivity index (χ2v) is 7.56. The fourth-order valence-electron chi connectivity index (χ4n) is 2.83. The molecule has 1 atom stereocenters. The summed E-state index contributed by atoms with van der Waals surface area (Å²) in [7, 11) is 0. The Hall–Kier alpha value is -1.89. The molecule has 0 N–H and O–H groups in total. The van der Waals surface area contributed by atoms with E-state index in [1.54, 1.807) is 28.8 Å². The van der Waals surface area contributed by atoms with Crippen LogP contribution in [0.2, 0.25) is 0 Å². The lowest BCUT2D eigenvalue weighted by atomic mass is 10.1. The lowest BCUT2D eigenvalue weighted by molar-refractivity contribution is -0.121. The molecule has 2 aromatic rings. The number of carbonyl (C=O) groups is 1. The number of rotatable bonds is 7. The monoisotopic (exact) mass is 362 g/mol. The van der Waals surface area contributed by atoms with E-state index in [-0.39, 0.29) is 11.8 Å². The second-order valence-electron chi connectivity index (χ2n) is 6.65. The lowest BCUT2D eigenvalue weighted by Gasteiger charge is -2.25. The molecule has 2 heterocycles. The van der Waals surface area contributed by atoms with Crippen molar-refractivity contribution < 1.29 is 9.18 Å². The first-order chi connectivity index (χ1) is 12.0. The number of halogens is 1. The zero-order valence-electron chi connectivity index (χ0n) is 14.8. The molecular weight excluding hydrogens is 339 g/mol. The van der Waals surface area contributed by atoms with Crippen LogP contribution >= 0.6 is 11.8 Å². The van der Waals surface area contributed by atoms with Crippen molar-refractivity contribution in [2.24, 2.45) is 11.8 Å². The van der Waals surface area contributed by atoms with Crippen LogP contribution in [0, 0.1) is 24.6 Å². The van der Waals surface area contributed by atoms with Crippen molar-refractivity contribution in [3.05, 3.63) is 36.2 Å². The van der Waals surface area contributed by atoms with Gasteiger partial charge in [0.05, 0.1) is 35.7 Å². The molecule has 1 amide bonds. The smallest absolute Gasteiger partial charge is 0.230 e. The van der Waals surface area contributed by atoms with E-state index in [0.717, 1.165) is 29.9 Å². The third-order valence-corrected chi connectivity index (χ3v) is 5.19. The fourth-order valence-corrected chi connectivity index (χ4v) is 3.47. The Balaban J connectivity index is 1.91. The zero-order valence-corrected chi connectivity index (χ0v) is 15.6. The van der Waals surface area contributed by atoms with E-state index in [1.807, 2.05) is 25.0 Å². The summed E-state index contributed by atoms with van der Waals surface area (Å²) in [6.45, 7) is 4.57. The molecule has 1 aliphatic carbocycles. The van der Waals surface area contributed by atoms with Crippen molar-refractivity contribution in [3.63, 3.8) is 0 Å². The summed E-state index contributed by atoms with van der Waals surface area (Å²) in [5, 5.41) is 4.47. The third kappa shape index (κ3) is 4.21. The minimum absolute atomic E-state index is 0.0488. The van der Waals surface area contributed by atoms with Crippen LogP contribution in [0.3, 0.4) is 0 Å². The molecule has 1 fully saturated rings. The Labute approximate surface area is 151 Å². The molecule has 0 spiro atoms. The maximum atomic E-state index is 13.4. The van der Waals surface area contributed by atoms with Gasteiger partial charge in [-0.2, -0.15) is 16.9 Å². The molecule has 134 valence electrons. The van der Waals surface area contributed by atoms with Crippen molar-refractivity contribution in [1.29, 1.82) is 0 Å². The van der Waals surface area contributed by atoms with Crippen molar-refractivity contribution in [1.82, 2.24) is 14.8 Å². The number of carbonyl (C=O) groups excluding carboxylic acids is 1. The number of nitrogens with zero attached hydrogens (tertiary/aromatic N) is 4. The standard InChI is InChI=1S/C18H23FN4OS/c1-12(11-25-3)18(24)22(9-14-4-5-14)17-10-23(21-13(17)2)16-6-15(19)7-20-8-16/h6-8,10,12,14H,4-5,9,11H2,1-3H3. The van der Waals surface area contributed by atoms with Gasteiger partial charge in [-0.1, -0.05) is 6.92 Å². The SMILES string of the molecule is CSCC(C)C(=O)N(CC1CC1)c1cn(-c2cncc(F)c2)nc1C. The van der Waals surface area contributed by atoms with Gasteiger partial charge in [0, 0.05) is 24.3 Å². The highest BCUT2D eigenvalue weighted by Gasteiger charge is 2.31. The Morgan fingerprint density at radius 2 is 2.24 bits per heavy atom. The number of pyridine rings is 1. The van der Waals surface area contributed by atoms with Crippen LogP contribution in [0.5, 0.6) is 0 Å². The van der Waals surface area contributed by atoms with Gasteiger partial charge in [-0.05, 0) is 31.9 Å². The summed E-state index contributed by atoms with van der Waals surface area (Å²) >= 11 is 1.67. The Morgan fingerprint density at radius 1 is 1.48 bits per heavy atom. The molecule has 2 aromatic heterocycles. The molecule has 7 heteroatoms. The maximum Gasteiger partial charge on any atom is 0.230 e. The van der Waals surface area contributed by atoms with E-state index in [2.05, 4.69) is 10.1 Å². The zero-order chi connectivity index (χ0) is 18.0. The first-order valence-electron chi connectivity index (χ1n) is 8.47. The lowest BCUT2D eigenvalue weighted by Crippen LogP contribution is -2.38. The minimum Gasteiger partial charge on any atom is -0.309 e. The number of aryl methyl sites for hydroxylation is 1. The van der Waals surface area contributed by atoms with Crippen LogP contribution in [-0.4, -0.2) is 39.2 Å². The fraction of sp³-hybridized carbons (Fsp3) is 0.500. The first-order valence-corrected chi connectivity index (χ1v) is 9.86. The predicted octanol–water partition coefficient (Wildman–Crippen LogP) is 3.46. The van der Waals surface area contributed by atoms with E-state index < -0.39 is 5.82 Å². The number of amides is 1. The van der Waals surface area contributed by atoms with Gasteiger partial charge in [0.2, 0.25) is 5.91 Å². The first kappa shape index (κ1) is 17.9. The van der Waals surface area contributed by atoms with Crippen LogP contribution in [0.15, 0.2) is 24.7 Å². The van der Waals surface area contributed by atoms with Crippen LogP contribution in [0.4, 0.5) is 10.1 Å². The number of thioether (sulfide) groups is 1. The van der Waals surface area contributed by atoms with Gasteiger partial charge in [-0.15, -0.1) is 0 Å². The number of anilines is 1. The highest BCUT2D eigenvalue weighted by atomic mass is 32.2. The Kier molecular flexibility index (Phi) is 5.42. The van der Waals surface area contributed by atoms with E-state index in [9.17, 15) is 9.18 Å². The summed E-state index contributed by atoms with van der Waals surface area (Å²) in [4.78, 5) is 18.7. The molecule has 1 saturated carbocycles. The van der Waals surface area contributed by atoms with Crippen LogP contribution in [-0.2, 0) is 4.79 Å². The number of hydrogen-bond donors (Lipinski definition) is 0. The maximum absolute atomic E-state index is 13.4. The summed E-state index contributed by atoms with van der Waals surface area (Å²) in [5.41, 5.74) is 2.11. The topological polar surface area (TPSA) is 51.0 Å². The van der Waals surface area contributed by atoms with Crippen molar-refractivity contribution in [2.75, 3.05) is 23.5 Å². The predicted molar refractivity (Wildman–Crippen MR) is 98.7 cm³/mol. The normalized spacial score (nSPS) is 15.2. The molecule has 0 radical (unpaired) electrons. The molecule has 0 aliphatic heterocycles. The summed E-state index contributed by atoms with van der Waals surface area (Å²) < 4.78 is 15.0. The highest BCUT2D eigenvalue weighted by molar-refractivity contribution is 7.98. The average molecular weight is 362 g/mol. The Bertz CT molecular complexity index is 759. The molecule has 3 rings (SSSR count). The van der Waals surface area contributed by atoms with Gasteiger partial charge in [0.1, 0.15) is 5.82 Å². The van der Waals surface area contributed by atoms with Crippen LogP contribution in [0.25, 0.3) is 5.69 Å². The van der Waals surface area contributed by atoms with Gasteiger partial charge in [0.15, 0.2) is 0 Å². The molecule has 0 saturated heterocycles. The number of aromatic nitrogens is 3. The van der Waals surface area contributed by atoms with Crippen molar-refractivity contribution in [3.8, 4) is 5.69 Å². The third-order valence-electron chi connectivity index (χ3n) is 4.36. The van der Waals surface area contributed by atoms with Gasteiger partial charge < -0.3 is 4.90 Å². The molecule has 1 aliphatic rings. The molecular formula is C18H23FN4OS. The molecule has 0 aromatic carbocycles. The van der Waals surface area contributed by atoms with Gasteiger partial charge in [-0.3, -0.25) is 9.78 Å². The quantitative estimate of drug-likeness (QED) is 0.757. The molecule has 1 unspecified atom stereocenters. The average Bonchev–Trinajstić information content (AvgIpc) is 3.33.